The van der Waals surface area contributed by atoms with Crippen molar-refractivity contribution in [2.75, 3.05) is 13.1 Å². The van der Waals surface area contributed by atoms with Gasteiger partial charge in [0.15, 0.2) is 0 Å². The quantitative estimate of drug-likeness (QED) is 0.106. The molecule has 35 heavy (non-hydrogen) atoms. The zero-order chi connectivity index (χ0) is 25.2. The Morgan fingerprint density at radius 1 is 0.371 bits per heavy atom. The highest BCUT2D eigenvalue weighted by molar-refractivity contribution is 4.97. The molecule has 1 rings (SSSR count). The van der Waals surface area contributed by atoms with E-state index in [1.807, 2.05) is 0 Å². The third-order valence-electron chi connectivity index (χ3n) is 8.07. The molecule has 0 aromatic carbocycles. The Hall–Kier alpha value is -0.660. The molecule has 0 radical (unpaired) electrons. The van der Waals surface area contributed by atoms with Gasteiger partial charge in [0.1, 0.15) is 6.17 Å². The van der Waals surface area contributed by atoms with Gasteiger partial charge in [0, 0.05) is 25.5 Å². The van der Waals surface area contributed by atoms with Crippen molar-refractivity contribution in [3.05, 3.63) is 12.4 Å². The molecule has 1 heterocycles. The minimum atomic E-state index is 0.643. The van der Waals surface area contributed by atoms with Gasteiger partial charge in [0.25, 0.3) is 0 Å². The van der Waals surface area contributed by atoms with Crippen LogP contribution in [0.25, 0.3) is 0 Å². The Morgan fingerprint density at radius 2 is 0.657 bits per heavy atom. The lowest BCUT2D eigenvalue weighted by molar-refractivity contribution is 0.135. The van der Waals surface area contributed by atoms with E-state index in [1.54, 1.807) is 0 Å². The van der Waals surface area contributed by atoms with E-state index in [2.05, 4.69) is 43.0 Å². The Bertz CT molecular complexity index is 446. The molecule has 2 heteroatoms. The third kappa shape index (κ3) is 18.3. The summed E-state index contributed by atoms with van der Waals surface area (Å²) in [6, 6.07) is 0. The van der Waals surface area contributed by atoms with Gasteiger partial charge in [-0.05, 0) is 25.7 Å². The molecule has 0 aliphatic carbocycles. The Labute approximate surface area is 222 Å². The van der Waals surface area contributed by atoms with Crippen LogP contribution in [0.5, 0.6) is 0 Å². The molecule has 1 aliphatic rings. The second kappa shape index (κ2) is 25.0. The summed E-state index contributed by atoms with van der Waals surface area (Å²) in [5.41, 5.74) is 0. The van der Waals surface area contributed by atoms with Crippen LogP contribution in [0, 0.1) is 0 Å². The molecule has 0 spiro atoms. The fraction of sp³-hybridized carbons (Fsp3) is 0.939. The second-order valence-electron chi connectivity index (χ2n) is 11.5. The van der Waals surface area contributed by atoms with Gasteiger partial charge in [-0.25, -0.2) is 0 Å². The lowest BCUT2D eigenvalue weighted by Gasteiger charge is -2.33. The van der Waals surface area contributed by atoms with Crippen molar-refractivity contribution in [2.24, 2.45) is 0 Å². The summed E-state index contributed by atoms with van der Waals surface area (Å²) in [6.45, 7) is 9.46. The number of nitrogens with zero attached hydrogens (tertiary/aromatic N) is 2. The van der Waals surface area contributed by atoms with Gasteiger partial charge in [-0.3, -0.25) is 0 Å². The number of rotatable bonds is 27. The monoisotopic (exact) mass is 491 g/mol. The van der Waals surface area contributed by atoms with Crippen molar-refractivity contribution in [2.45, 2.75) is 187 Å². The molecule has 0 amide bonds. The molecule has 1 atom stereocenters. The Morgan fingerprint density at radius 3 is 1.00 bits per heavy atom. The van der Waals surface area contributed by atoms with Gasteiger partial charge in [0.05, 0.1) is 0 Å². The molecule has 0 N–H and O–H groups in total. The van der Waals surface area contributed by atoms with Crippen molar-refractivity contribution >= 4 is 0 Å². The van der Waals surface area contributed by atoms with Crippen LogP contribution in [0.4, 0.5) is 0 Å². The molecule has 0 aromatic rings. The lowest BCUT2D eigenvalue weighted by atomic mass is 10.0. The van der Waals surface area contributed by atoms with Crippen LogP contribution in [0.1, 0.15) is 181 Å². The predicted molar refractivity (Wildman–Crippen MR) is 159 cm³/mol. The normalized spacial score (nSPS) is 15.6. The first-order valence-corrected chi connectivity index (χ1v) is 16.5. The maximum Gasteiger partial charge on any atom is 0.101 e. The summed E-state index contributed by atoms with van der Waals surface area (Å²) in [5, 5.41) is 0. The fourth-order valence-corrected chi connectivity index (χ4v) is 5.66. The molecule has 0 saturated heterocycles. The number of unbranched alkanes of at least 4 members (excludes halogenated alkanes) is 21. The minimum Gasteiger partial charge on any atom is -0.356 e. The van der Waals surface area contributed by atoms with Gasteiger partial charge in [-0.15, -0.1) is 0 Å². The summed E-state index contributed by atoms with van der Waals surface area (Å²) < 4.78 is 0. The molecular weight excluding hydrogens is 424 g/mol. The first kappa shape index (κ1) is 32.4. The van der Waals surface area contributed by atoms with Gasteiger partial charge < -0.3 is 9.80 Å². The average Bonchev–Trinajstić information content (AvgIpc) is 3.25. The molecule has 0 fully saturated rings. The summed E-state index contributed by atoms with van der Waals surface area (Å²) in [6.07, 6.45) is 41.0. The molecule has 0 aromatic heterocycles. The summed E-state index contributed by atoms with van der Waals surface area (Å²) >= 11 is 0. The second-order valence-corrected chi connectivity index (χ2v) is 11.5. The largest absolute Gasteiger partial charge is 0.356 e. The lowest BCUT2D eigenvalue weighted by Crippen LogP contribution is -2.39. The summed E-state index contributed by atoms with van der Waals surface area (Å²) in [7, 11) is 0. The smallest absolute Gasteiger partial charge is 0.101 e. The highest BCUT2D eigenvalue weighted by Gasteiger charge is 2.24. The topological polar surface area (TPSA) is 6.48 Å². The van der Waals surface area contributed by atoms with Crippen molar-refractivity contribution in [1.29, 1.82) is 0 Å². The fourth-order valence-electron chi connectivity index (χ4n) is 5.66. The minimum absolute atomic E-state index is 0.643. The van der Waals surface area contributed by atoms with E-state index in [1.165, 1.54) is 174 Å². The van der Waals surface area contributed by atoms with Crippen LogP contribution in [0.3, 0.4) is 0 Å². The first-order chi connectivity index (χ1) is 17.3. The van der Waals surface area contributed by atoms with Crippen LogP contribution in [0.15, 0.2) is 12.4 Å². The molecule has 1 unspecified atom stereocenters. The molecule has 0 saturated carbocycles. The standard InChI is InChI=1S/C33H66N2/c1-4-7-10-13-15-17-18-19-20-22-25-28-33-34(29-26-23-12-9-6-3)31-32-35(33)30-27-24-21-16-14-11-8-5-2/h31-33H,4-30H2,1-3H3. The van der Waals surface area contributed by atoms with Crippen molar-refractivity contribution in [3.63, 3.8) is 0 Å². The van der Waals surface area contributed by atoms with E-state index in [0.717, 1.165) is 0 Å². The van der Waals surface area contributed by atoms with E-state index < -0.39 is 0 Å². The summed E-state index contributed by atoms with van der Waals surface area (Å²) in [5.74, 6) is 0. The van der Waals surface area contributed by atoms with Crippen molar-refractivity contribution in [3.8, 4) is 0 Å². The number of hydrogen-bond donors (Lipinski definition) is 0. The SMILES string of the molecule is CCCCCCCCCCCCCC1N(CCCCCCC)C=CN1CCCCCCCCCC. The van der Waals surface area contributed by atoms with Gasteiger partial charge in [-0.2, -0.15) is 0 Å². The molecule has 2 nitrogen and oxygen atoms in total. The average molecular weight is 491 g/mol. The number of hydrogen-bond acceptors (Lipinski definition) is 2. The van der Waals surface area contributed by atoms with Gasteiger partial charge >= 0.3 is 0 Å². The Kier molecular flexibility index (Phi) is 23.1. The maximum absolute atomic E-state index is 2.69. The Balaban J connectivity index is 2.22. The van der Waals surface area contributed by atoms with Gasteiger partial charge in [-0.1, -0.05) is 156 Å². The van der Waals surface area contributed by atoms with E-state index in [9.17, 15) is 0 Å². The van der Waals surface area contributed by atoms with Gasteiger partial charge in [0.2, 0.25) is 0 Å². The molecule has 208 valence electrons. The van der Waals surface area contributed by atoms with Crippen LogP contribution in [-0.2, 0) is 0 Å². The molecule has 0 bridgehead atoms. The predicted octanol–water partition coefficient (Wildman–Crippen LogP) is 11.2. The third-order valence-corrected chi connectivity index (χ3v) is 8.07. The van der Waals surface area contributed by atoms with Crippen molar-refractivity contribution < 1.29 is 0 Å². The maximum atomic E-state index is 2.69. The summed E-state index contributed by atoms with van der Waals surface area (Å²) in [4.78, 5) is 5.38. The van der Waals surface area contributed by atoms with E-state index in [-0.39, 0.29) is 0 Å². The van der Waals surface area contributed by atoms with Crippen LogP contribution < -0.4 is 0 Å². The zero-order valence-corrected chi connectivity index (χ0v) is 24.7. The van der Waals surface area contributed by atoms with Crippen molar-refractivity contribution in [1.82, 2.24) is 9.80 Å². The molecular formula is C33H66N2. The van der Waals surface area contributed by atoms with Crippen LogP contribution in [0.2, 0.25) is 0 Å². The highest BCUT2D eigenvalue weighted by atomic mass is 15.4. The molecule has 1 aliphatic heterocycles. The first-order valence-electron chi connectivity index (χ1n) is 16.5. The van der Waals surface area contributed by atoms with E-state index >= 15 is 0 Å². The highest BCUT2D eigenvalue weighted by Crippen LogP contribution is 2.24. The van der Waals surface area contributed by atoms with Crippen LogP contribution >= 0.6 is 0 Å². The van der Waals surface area contributed by atoms with Crippen LogP contribution in [-0.4, -0.2) is 29.1 Å². The van der Waals surface area contributed by atoms with E-state index in [0.29, 0.717) is 6.17 Å². The zero-order valence-electron chi connectivity index (χ0n) is 24.7. The van der Waals surface area contributed by atoms with E-state index in [4.69, 9.17) is 0 Å².